The summed E-state index contributed by atoms with van der Waals surface area (Å²) in [7, 11) is 0. The Kier molecular flexibility index (Phi) is 7.39. The summed E-state index contributed by atoms with van der Waals surface area (Å²) in [6.07, 6.45) is 2.15. The smallest absolute Gasteiger partial charge is 0.208 e. The van der Waals surface area contributed by atoms with Crippen LogP contribution in [0.1, 0.15) is 51.7 Å². The molecule has 0 fully saturated rings. The molecule has 1 N–H and O–H groups in total. The molecule has 0 aliphatic rings. The number of aromatic nitrogens is 2. The van der Waals surface area contributed by atoms with Crippen LogP contribution in [0.5, 0.6) is 5.75 Å². The zero-order valence-corrected chi connectivity index (χ0v) is 21.7. The van der Waals surface area contributed by atoms with Gasteiger partial charge in [-0.1, -0.05) is 81.6 Å². The van der Waals surface area contributed by atoms with Gasteiger partial charge >= 0.3 is 0 Å². The second-order valence-electron chi connectivity index (χ2n) is 9.52. The van der Waals surface area contributed by atoms with E-state index < -0.39 is 0 Å². The van der Waals surface area contributed by atoms with Crippen LogP contribution in [0.4, 0.5) is 5.95 Å². The van der Waals surface area contributed by atoms with Crippen LogP contribution in [0.25, 0.3) is 16.7 Å². The molecule has 34 heavy (non-hydrogen) atoms. The molecule has 0 amide bonds. The van der Waals surface area contributed by atoms with Crippen molar-refractivity contribution in [1.29, 1.82) is 0 Å². The van der Waals surface area contributed by atoms with Gasteiger partial charge in [-0.2, -0.15) is 0 Å². The number of ether oxygens (including phenoxy) is 1. The highest BCUT2D eigenvalue weighted by Gasteiger charge is 2.16. The van der Waals surface area contributed by atoms with E-state index in [9.17, 15) is 0 Å². The van der Waals surface area contributed by atoms with Gasteiger partial charge in [-0.15, -0.1) is 0 Å². The summed E-state index contributed by atoms with van der Waals surface area (Å²) >= 11 is 12.6. The lowest BCUT2D eigenvalue weighted by atomic mass is 9.87. The number of nitrogens with zero attached hydrogens (tertiary/aromatic N) is 2. The number of halogens is 2. The Balaban J connectivity index is 1.64. The maximum Gasteiger partial charge on any atom is 0.208 e. The van der Waals surface area contributed by atoms with Gasteiger partial charge in [0.05, 0.1) is 27.7 Å². The fourth-order valence-corrected chi connectivity index (χ4v) is 4.10. The van der Waals surface area contributed by atoms with Crippen molar-refractivity contribution in [2.75, 3.05) is 11.9 Å². The van der Waals surface area contributed by atoms with Gasteiger partial charge in [-0.05, 0) is 59.4 Å². The van der Waals surface area contributed by atoms with Gasteiger partial charge in [-0.25, -0.2) is 4.98 Å². The van der Waals surface area contributed by atoms with Crippen molar-refractivity contribution >= 4 is 40.2 Å². The third-order valence-corrected chi connectivity index (χ3v) is 6.55. The lowest BCUT2D eigenvalue weighted by molar-refractivity contribution is 0.309. The second kappa shape index (κ2) is 10.3. The van der Waals surface area contributed by atoms with E-state index >= 15 is 0 Å². The highest BCUT2D eigenvalue weighted by atomic mass is 35.5. The van der Waals surface area contributed by atoms with E-state index in [4.69, 9.17) is 32.9 Å². The van der Waals surface area contributed by atoms with Crippen LogP contribution in [0.3, 0.4) is 0 Å². The molecule has 0 saturated carbocycles. The van der Waals surface area contributed by atoms with Crippen molar-refractivity contribution in [3.63, 3.8) is 0 Å². The third kappa shape index (κ3) is 5.51. The summed E-state index contributed by atoms with van der Waals surface area (Å²) < 4.78 is 7.90. The van der Waals surface area contributed by atoms with Gasteiger partial charge < -0.3 is 10.1 Å². The molecular formula is C28H31Cl2N3O. The molecule has 4 nitrogen and oxygen atoms in total. The van der Waals surface area contributed by atoms with Gasteiger partial charge in [0.25, 0.3) is 0 Å². The van der Waals surface area contributed by atoms with Crippen LogP contribution in [-0.4, -0.2) is 16.2 Å². The lowest BCUT2D eigenvalue weighted by Crippen LogP contribution is -2.11. The molecule has 0 bridgehead atoms. The van der Waals surface area contributed by atoms with Crippen molar-refractivity contribution in [1.82, 2.24) is 9.55 Å². The number of nitrogens with one attached hydrogen (secondary N) is 1. The van der Waals surface area contributed by atoms with Crippen LogP contribution < -0.4 is 10.1 Å². The molecule has 1 heterocycles. The lowest BCUT2D eigenvalue weighted by Gasteiger charge is -2.19. The summed E-state index contributed by atoms with van der Waals surface area (Å²) in [6, 6.07) is 20.4. The SMILES string of the molecule is CCCCOc1ccc(-n2c(NCc3ccc(C(C)(C)C)cc3)nc3cc(Cl)c(Cl)cc32)cc1. The molecule has 4 rings (SSSR count). The first-order valence-corrected chi connectivity index (χ1v) is 12.5. The number of imidazole rings is 1. The fraction of sp³-hybridized carbons (Fsp3) is 0.321. The highest BCUT2D eigenvalue weighted by Crippen LogP contribution is 2.32. The minimum absolute atomic E-state index is 0.130. The van der Waals surface area contributed by atoms with Crippen LogP contribution in [-0.2, 0) is 12.0 Å². The summed E-state index contributed by atoms with van der Waals surface area (Å²) in [6.45, 7) is 10.2. The first-order chi connectivity index (χ1) is 16.3. The second-order valence-corrected chi connectivity index (χ2v) is 10.3. The van der Waals surface area contributed by atoms with Crippen LogP contribution >= 0.6 is 23.2 Å². The molecule has 4 aromatic rings. The molecule has 0 saturated heterocycles. The number of rotatable bonds is 8. The normalized spacial score (nSPS) is 11.7. The Morgan fingerprint density at radius 1 is 0.941 bits per heavy atom. The van der Waals surface area contributed by atoms with Crippen molar-refractivity contribution in [3.8, 4) is 11.4 Å². The number of fused-ring (bicyclic) bond motifs is 1. The third-order valence-electron chi connectivity index (χ3n) is 5.83. The van der Waals surface area contributed by atoms with Crippen molar-refractivity contribution < 1.29 is 4.74 Å². The molecule has 6 heteroatoms. The molecule has 0 aliphatic carbocycles. The maximum absolute atomic E-state index is 6.36. The van der Waals surface area contributed by atoms with Gasteiger partial charge in [0.1, 0.15) is 5.75 Å². The molecule has 0 unspecified atom stereocenters. The molecule has 0 radical (unpaired) electrons. The number of hydrogen-bond donors (Lipinski definition) is 1. The Morgan fingerprint density at radius 2 is 1.62 bits per heavy atom. The highest BCUT2D eigenvalue weighted by molar-refractivity contribution is 6.42. The van der Waals surface area contributed by atoms with E-state index in [2.05, 4.69) is 61.8 Å². The first kappa shape index (κ1) is 24.4. The quantitative estimate of drug-likeness (QED) is 0.249. The van der Waals surface area contributed by atoms with E-state index in [1.54, 1.807) is 6.07 Å². The van der Waals surface area contributed by atoms with Gasteiger partial charge in [-0.3, -0.25) is 4.57 Å². The van der Waals surface area contributed by atoms with Crippen molar-refractivity contribution in [2.45, 2.75) is 52.5 Å². The van der Waals surface area contributed by atoms with Crippen LogP contribution in [0.2, 0.25) is 10.0 Å². The molecule has 178 valence electrons. The van der Waals surface area contributed by atoms with Gasteiger partial charge in [0, 0.05) is 12.2 Å². The number of unbranched alkanes of at least 4 members (excludes halogenated alkanes) is 1. The molecule has 0 atom stereocenters. The minimum atomic E-state index is 0.130. The minimum Gasteiger partial charge on any atom is -0.494 e. The van der Waals surface area contributed by atoms with E-state index in [1.807, 2.05) is 30.3 Å². The topological polar surface area (TPSA) is 39.1 Å². The zero-order valence-electron chi connectivity index (χ0n) is 20.2. The average Bonchev–Trinajstić information content (AvgIpc) is 3.15. The number of benzene rings is 3. The Morgan fingerprint density at radius 3 is 2.26 bits per heavy atom. The number of hydrogen-bond acceptors (Lipinski definition) is 3. The van der Waals surface area contributed by atoms with Gasteiger partial charge in [0.2, 0.25) is 5.95 Å². The van der Waals surface area contributed by atoms with E-state index in [0.717, 1.165) is 47.9 Å². The standard InChI is InChI=1S/C28H31Cl2N3O/c1-5-6-15-34-22-13-11-21(12-14-22)33-26-17-24(30)23(29)16-25(26)32-27(33)31-18-19-7-9-20(10-8-19)28(2,3)4/h7-14,16-17H,5-6,15,18H2,1-4H3,(H,31,32). The first-order valence-electron chi connectivity index (χ1n) is 11.7. The molecule has 3 aromatic carbocycles. The van der Waals surface area contributed by atoms with Crippen molar-refractivity contribution in [3.05, 3.63) is 81.8 Å². The Labute approximate surface area is 211 Å². The summed E-state index contributed by atoms with van der Waals surface area (Å²) in [5.41, 5.74) is 5.26. The average molecular weight is 496 g/mol. The summed E-state index contributed by atoms with van der Waals surface area (Å²) in [5.74, 6) is 1.59. The Bertz CT molecular complexity index is 1260. The summed E-state index contributed by atoms with van der Waals surface area (Å²) in [4.78, 5) is 4.82. The zero-order chi connectivity index (χ0) is 24.3. The monoisotopic (exact) mass is 495 g/mol. The Hall–Kier alpha value is -2.69. The molecular weight excluding hydrogens is 465 g/mol. The largest absolute Gasteiger partial charge is 0.494 e. The predicted octanol–water partition coefficient (Wildman–Crippen LogP) is 8.42. The molecule has 1 aromatic heterocycles. The van der Waals surface area contributed by atoms with Crippen LogP contribution in [0.15, 0.2) is 60.7 Å². The van der Waals surface area contributed by atoms with Crippen molar-refractivity contribution in [2.24, 2.45) is 0 Å². The van der Waals surface area contributed by atoms with E-state index in [-0.39, 0.29) is 5.41 Å². The van der Waals surface area contributed by atoms with E-state index in [0.29, 0.717) is 16.6 Å². The molecule has 0 aliphatic heterocycles. The number of anilines is 1. The van der Waals surface area contributed by atoms with E-state index in [1.165, 1.54) is 11.1 Å². The van der Waals surface area contributed by atoms with Crippen LogP contribution in [0, 0.1) is 0 Å². The predicted molar refractivity (Wildman–Crippen MR) is 144 cm³/mol. The maximum atomic E-state index is 6.36. The fourth-order valence-electron chi connectivity index (χ4n) is 3.78. The molecule has 0 spiro atoms. The van der Waals surface area contributed by atoms with Gasteiger partial charge in [0.15, 0.2) is 0 Å². The summed E-state index contributed by atoms with van der Waals surface area (Å²) in [5, 5.41) is 4.49.